The molecule has 6 nitrogen and oxygen atoms in total. The monoisotopic (exact) mass is 371 g/mol. The fraction of sp³-hybridized carbons (Fsp3) is 0.526. The van der Waals surface area contributed by atoms with Crippen molar-refractivity contribution in [2.75, 3.05) is 12.4 Å². The summed E-state index contributed by atoms with van der Waals surface area (Å²) in [5.74, 6) is 1.75. The second-order valence-corrected chi connectivity index (χ2v) is 7.84. The minimum Gasteiger partial charge on any atom is -0.497 e. The van der Waals surface area contributed by atoms with Crippen LogP contribution in [0.1, 0.15) is 50.9 Å². The van der Waals surface area contributed by atoms with Crippen LogP contribution in [0.2, 0.25) is 0 Å². The first kappa shape index (κ1) is 18.6. The van der Waals surface area contributed by atoms with Crippen molar-refractivity contribution in [1.29, 1.82) is 5.26 Å². The zero-order chi connectivity index (χ0) is 18.4. The lowest BCUT2D eigenvalue weighted by Gasteiger charge is -2.26. The zero-order valence-electron chi connectivity index (χ0n) is 15.3. The van der Waals surface area contributed by atoms with Crippen LogP contribution in [-0.4, -0.2) is 27.1 Å². The maximum Gasteiger partial charge on any atom is 0.192 e. The highest BCUT2D eigenvalue weighted by atomic mass is 32.2. The van der Waals surface area contributed by atoms with E-state index in [1.54, 1.807) is 7.11 Å². The summed E-state index contributed by atoms with van der Waals surface area (Å²) in [7, 11) is 1.67. The Bertz CT molecular complexity index is 764. The molecule has 3 rings (SSSR count). The van der Waals surface area contributed by atoms with Gasteiger partial charge in [0.2, 0.25) is 0 Å². The highest BCUT2D eigenvalue weighted by molar-refractivity contribution is 8.00. The standard InChI is InChI=1S/C19H25N5OS/c1-14(12-20)26-19-23-22-18(24(19)16-8-4-3-5-9-16)13-21-15-7-6-10-17(11-15)25-2/h6-7,10-11,14,16,21H,3-5,8-9,13H2,1-2H3. The molecular formula is C19H25N5OS. The molecule has 0 spiro atoms. The van der Waals surface area contributed by atoms with Crippen molar-refractivity contribution >= 4 is 17.4 Å². The first-order valence-electron chi connectivity index (χ1n) is 9.09. The van der Waals surface area contributed by atoms with Crippen molar-refractivity contribution in [1.82, 2.24) is 14.8 Å². The number of thioether (sulfide) groups is 1. The lowest BCUT2D eigenvalue weighted by molar-refractivity contribution is 0.330. The Kier molecular flexibility index (Phi) is 6.40. The van der Waals surface area contributed by atoms with Crippen LogP contribution < -0.4 is 10.1 Å². The summed E-state index contributed by atoms with van der Waals surface area (Å²) in [4.78, 5) is 0. The largest absolute Gasteiger partial charge is 0.497 e. The van der Waals surface area contributed by atoms with E-state index in [2.05, 4.69) is 26.2 Å². The van der Waals surface area contributed by atoms with Crippen LogP contribution in [0.3, 0.4) is 0 Å². The molecule has 1 N–H and O–H groups in total. The van der Waals surface area contributed by atoms with Gasteiger partial charge in [-0.05, 0) is 31.9 Å². The number of benzene rings is 1. The van der Waals surface area contributed by atoms with Gasteiger partial charge in [0.25, 0.3) is 0 Å². The molecule has 1 heterocycles. The number of rotatable bonds is 7. The number of nitrogens with zero attached hydrogens (tertiary/aromatic N) is 4. The smallest absolute Gasteiger partial charge is 0.192 e. The molecule has 0 aliphatic heterocycles. The third-order valence-corrected chi connectivity index (χ3v) is 5.61. The zero-order valence-corrected chi connectivity index (χ0v) is 16.1. The molecular weight excluding hydrogens is 346 g/mol. The lowest BCUT2D eigenvalue weighted by Crippen LogP contribution is -2.18. The van der Waals surface area contributed by atoms with Gasteiger partial charge in [0.15, 0.2) is 11.0 Å². The summed E-state index contributed by atoms with van der Waals surface area (Å²) in [5.41, 5.74) is 0.988. The highest BCUT2D eigenvalue weighted by Crippen LogP contribution is 2.34. The highest BCUT2D eigenvalue weighted by Gasteiger charge is 2.24. The minimum absolute atomic E-state index is 0.138. The van der Waals surface area contributed by atoms with Crippen LogP contribution in [0.5, 0.6) is 5.75 Å². The van der Waals surface area contributed by atoms with E-state index in [0.29, 0.717) is 12.6 Å². The average Bonchev–Trinajstić information content (AvgIpc) is 3.09. The molecule has 1 fully saturated rings. The molecule has 1 aromatic heterocycles. The maximum absolute atomic E-state index is 9.15. The number of ether oxygens (including phenoxy) is 1. The quantitative estimate of drug-likeness (QED) is 0.727. The Hall–Kier alpha value is -2.20. The Morgan fingerprint density at radius 1 is 1.35 bits per heavy atom. The van der Waals surface area contributed by atoms with E-state index in [1.807, 2.05) is 31.2 Å². The Labute approximate surface area is 159 Å². The molecule has 0 radical (unpaired) electrons. The molecule has 7 heteroatoms. The van der Waals surface area contributed by atoms with Crippen LogP contribution in [0.15, 0.2) is 29.4 Å². The Morgan fingerprint density at radius 3 is 2.88 bits per heavy atom. The first-order valence-corrected chi connectivity index (χ1v) is 9.97. The van der Waals surface area contributed by atoms with Gasteiger partial charge < -0.3 is 14.6 Å². The third kappa shape index (κ3) is 4.50. The number of hydrogen-bond donors (Lipinski definition) is 1. The van der Waals surface area contributed by atoms with Crippen molar-refractivity contribution in [2.24, 2.45) is 0 Å². The average molecular weight is 372 g/mol. The summed E-state index contributed by atoms with van der Waals surface area (Å²) < 4.78 is 7.53. The predicted molar refractivity (Wildman–Crippen MR) is 103 cm³/mol. The Morgan fingerprint density at radius 2 is 2.15 bits per heavy atom. The number of nitrogens with one attached hydrogen (secondary N) is 1. The normalized spacial score (nSPS) is 16.0. The van der Waals surface area contributed by atoms with Crippen LogP contribution in [0.25, 0.3) is 0 Å². The second kappa shape index (κ2) is 8.95. The molecule has 2 aromatic rings. The molecule has 0 saturated heterocycles. The van der Waals surface area contributed by atoms with Crippen LogP contribution in [-0.2, 0) is 6.54 Å². The SMILES string of the molecule is COc1cccc(NCc2nnc(SC(C)C#N)n2C2CCCCC2)c1. The van der Waals surface area contributed by atoms with Gasteiger partial charge >= 0.3 is 0 Å². The van der Waals surface area contributed by atoms with E-state index in [-0.39, 0.29) is 5.25 Å². The summed E-state index contributed by atoms with van der Waals surface area (Å²) in [6.07, 6.45) is 6.08. The van der Waals surface area contributed by atoms with Crippen molar-refractivity contribution < 1.29 is 4.74 Å². The fourth-order valence-electron chi connectivity index (χ4n) is 3.31. The lowest BCUT2D eigenvalue weighted by atomic mass is 9.95. The van der Waals surface area contributed by atoms with E-state index in [9.17, 15) is 0 Å². The molecule has 1 aliphatic carbocycles. The van der Waals surface area contributed by atoms with E-state index in [0.717, 1.165) is 35.3 Å². The van der Waals surface area contributed by atoms with E-state index in [1.165, 1.54) is 31.0 Å². The number of anilines is 1. The second-order valence-electron chi connectivity index (χ2n) is 6.54. The minimum atomic E-state index is -0.138. The number of hydrogen-bond acceptors (Lipinski definition) is 6. The topological polar surface area (TPSA) is 75.8 Å². The van der Waals surface area contributed by atoms with Gasteiger partial charge in [0, 0.05) is 17.8 Å². The van der Waals surface area contributed by atoms with Crippen molar-refractivity contribution in [2.45, 2.75) is 62.0 Å². The molecule has 0 bridgehead atoms. The maximum atomic E-state index is 9.15. The number of methoxy groups -OCH3 is 1. The van der Waals surface area contributed by atoms with E-state index < -0.39 is 0 Å². The number of aromatic nitrogens is 3. The summed E-state index contributed by atoms with van der Waals surface area (Å²) in [6, 6.07) is 10.6. The van der Waals surface area contributed by atoms with Gasteiger partial charge in [-0.2, -0.15) is 5.26 Å². The molecule has 0 amide bonds. The van der Waals surface area contributed by atoms with Gasteiger partial charge in [-0.3, -0.25) is 0 Å². The van der Waals surface area contributed by atoms with Crippen molar-refractivity contribution in [3.8, 4) is 11.8 Å². The van der Waals surface area contributed by atoms with Gasteiger partial charge in [0.1, 0.15) is 5.75 Å². The van der Waals surface area contributed by atoms with Crippen LogP contribution >= 0.6 is 11.8 Å². The third-order valence-electron chi connectivity index (χ3n) is 4.66. The predicted octanol–water partition coefficient (Wildman–Crippen LogP) is 4.41. The van der Waals surface area contributed by atoms with Crippen molar-refractivity contribution in [3.05, 3.63) is 30.1 Å². The van der Waals surface area contributed by atoms with Gasteiger partial charge in [0.05, 0.1) is 25.0 Å². The van der Waals surface area contributed by atoms with E-state index in [4.69, 9.17) is 10.00 Å². The summed E-state index contributed by atoms with van der Waals surface area (Å²) in [5, 5.41) is 22.1. The Balaban J connectivity index is 1.79. The fourth-order valence-corrected chi connectivity index (χ4v) is 4.14. The van der Waals surface area contributed by atoms with E-state index >= 15 is 0 Å². The molecule has 26 heavy (non-hydrogen) atoms. The van der Waals surface area contributed by atoms with Gasteiger partial charge in [-0.25, -0.2) is 0 Å². The molecule has 1 aromatic carbocycles. The van der Waals surface area contributed by atoms with Gasteiger partial charge in [-0.1, -0.05) is 37.1 Å². The van der Waals surface area contributed by atoms with Gasteiger partial charge in [-0.15, -0.1) is 10.2 Å². The summed E-state index contributed by atoms with van der Waals surface area (Å²) >= 11 is 1.49. The molecule has 138 valence electrons. The van der Waals surface area contributed by atoms with Crippen molar-refractivity contribution in [3.63, 3.8) is 0 Å². The summed E-state index contributed by atoms with van der Waals surface area (Å²) in [6.45, 7) is 2.50. The molecule has 1 saturated carbocycles. The molecule has 1 atom stereocenters. The molecule has 1 aliphatic rings. The van der Waals surface area contributed by atoms with Crippen LogP contribution in [0, 0.1) is 11.3 Å². The molecule has 1 unspecified atom stereocenters. The van der Waals surface area contributed by atoms with Crippen LogP contribution in [0.4, 0.5) is 5.69 Å². The first-order chi connectivity index (χ1) is 12.7. The number of nitriles is 1.